The number of aliphatic imine (C=N–C) groups is 1. The number of nitrogens with zero attached hydrogens (tertiary/aromatic N) is 1. The fraction of sp³-hybridized carbons (Fsp3) is 0.238. The van der Waals surface area contributed by atoms with Crippen molar-refractivity contribution in [1.82, 2.24) is 10.6 Å². The SMILES string of the molecule is NC(N)=Nc1cc(C(=O)NCC(=O)NC(CC(=O)O)C(O)c2ccccc2)cc(C(F)(F)F)c1. The number of hydrogen-bond donors (Lipinski definition) is 6. The lowest BCUT2D eigenvalue weighted by Gasteiger charge is -2.23. The summed E-state index contributed by atoms with van der Waals surface area (Å²) in [6.45, 7) is -0.704. The molecular formula is C21H22F3N5O5. The lowest BCUT2D eigenvalue weighted by molar-refractivity contribution is -0.139. The Morgan fingerprint density at radius 3 is 2.26 bits per heavy atom. The van der Waals surface area contributed by atoms with Gasteiger partial charge < -0.3 is 32.3 Å². The highest BCUT2D eigenvalue weighted by atomic mass is 19.4. The molecule has 8 N–H and O–H groups in total. The van der Waals surface area contributed by atoms with Crippen LogP contribution in [-0.2, 0) is 15.8 Å². The van der Waals surface area contributed by atoms with Crippen LogP contribution in [0.4, 0.5) is 18.9 Å². The number of carboxylic acids is 1. The molecule has 13 heteroatoms. The highest BCUT2D eigenvalue weighted by Gasteiger charge is 2.32. The molecule has 0 aliphatic heterocycles. The zero-order chi connectivity index (χ0) is 25.5. The van der Waals surface area contributed by atoms with Gasteiger partial charge in [0, 0.05) is 5.56 Å². The zero-order valence-corrected chi connectivity index (χ0v) is 17.5. The molecule has 0 heterocycles. The average Bonchev–Trinajstić information content (AvgIpc) is 2.75. The molecule has 0 spiro atoms. The number of carbonyl (C=O) groups excluding carboxylic acids is 2. The summed E-state index contributed by atoms with van der Waals surface area (Å²) in [6.07, 6.45) is -6.77. The second-order valence-electron chi connectivity index (χ2n) is 7.11. The Morgan fingerprint density at radius 2 is 1.71 bits per heavy atom. The number of rotatable bonds is 9. The fourth-order valence-corrected chi connectivity index (χ4v) is 2.95. The van der Waals surface area contributed by atoms with Crippen LogP contribution in [0.1, 0.15) is 34.0 Å². The van der Waals surface area contributed by atoms with Crippen LogP contribution in [-0.4, -0.2) is 46.5 Å². The largest absolute Gasteiger partial charge is 0.481 e. The predicted molar refractivity (Wildman–Crippen MR) is 115 cm³/mol. The summed E-state index contributed by atoms with van der Waals surface area (Å²) in [4.78, 5) is 39.3. The van der Waals surface area contributed by atoms with Gasteiger partial charge in [-0.05, 0) is 23.8 Å². The van der Waals surface area contributed by atoms with Gasteiger partial charge in [0.25, 0.3) is 5.91 Å². The van der Waals surface area contributed by atoms with Crippen LogP contribution < -0.4 is 22.1 Å². The third-order valence-electron chi connectivity index (χ3n) is 4.44. The van der Waals surface area contributed by atoms with Gasteiger partial charge >= 0.3 is 12.1 Å². The molecule has 0 radical (unpaired) electrons. The number of alkyl halides is 3. The Hall–Kier alpha value is -4.13. The van der Waals surface area contributed by atoms with Crippen molar-refractivity contribution in [2.24, 2.45) is 16.5 Å². The van der Waals surface area contributed by atoms with E-state index in [1.807, 2.05) is 0 Å². The molecule has 0 aromatic heterocycles. The lowest BCUT2D eigenvalue weighted by atomic mass is 9.99. The van der Waals surface area contributed by atoms with E-state index >= 15 is 0 Å². The van der Waals surface area contributed by atoms with Gasteiger partial charge in [0.05, 0.1) is 36.4 Å². The maximum absolute atomic E-state index is 13.1. The highest BCUT2D eigenvalue weighted by Crippen LogP contribution is 2.32. The highest BCUT2D eigenvalue weighted by molar-refractivity contribution is 5.97. The zero-order valence-electron chi connectivity index (χ0n) is 17.5. The van der Waals surface area contributed by atoms with Crippen molar-refractivity contribution in [3.8, 4) is 0 Å². The van der Waals surface area contributed by atoms with Crippen molar-refractivity contribution in [1.29, 1.82) is 0 Å². The molecule has 2 amide bonds. The van der Waals surface area contributed by atoms with Gasteiger partial charge in [-0.3, -0.25) is 14.4 Å². The van der Waals surface area contributed by atoms with Gasteiger partial charge in [-0.25, -0.2) is 4.99 Å². The molecule has 182 valence electrons. The number of aliphatic hydroxyl groups excluding tert-OH is 1. The van der Waals surface area contributed by atoms with E-state index < -0.39 is 66.2 Å². The van der Waals surface area contributed by atoms with Crippen molar-refractivity contribution in [2.45, 2.75) is 24.7 Å². The number of amides is 2. The smallest absolute Gasteiger partial charge is 0.416 e. The van der Waals surface area contributed by atoms with Crippen molar-refractivity contribution in [3.05, 3.63) is 65.2 Å². The van der Waals surface area contributed by atoms with Crippen molar-refractivity contribution >= 4 is 29.4 Å². The normalized spacial score (nSPS) is 12.8. The van der Waals surface area contributed by atoms with E-state index in [0.29, 0.717) is 17.7 Å². The van der Waals surface area contributed by atoms with E-state index in [1.165, 1.54) is 12.1 Å². The van der Waals surface area contributed by atoms with Gasteiger partial charge in [0.2, 0.25) is 5.91 Å². The topological polar surface area (TPSA) is 180 Å². The summed E-state index contributed by atoms with van der Waals surface area (Å²) in [5.41, 5.74) is 8.76. The number of carbonyl (C=O) groups is 3. The molecule has 10 nitrogen and oxygen atoms in total. The Morgan fingerprint density at radius 1 is 1.06 bits per heavy atom. The molecular weight excluding hydrogens is 459 g/mol. The minimum atomic E-state index is -4.79. The molecule has 0 saturated heterocycles. The Kier molecular flexibility index (Phi) is 8.56. The number of nitrogens with two attached hydrogens (primary N) is 2. The number of hydrogen-bond acceptors (Lipinski definition) is 5. The first-order chi connectivity index (χ1) is 15.9. The third kappa shape index (κ3) is 7.78. The summed E-state index contributed by atoms with van der Waals surface area (Å²) >= 11 is 0. The molecule has 2 unspecified atom stereocenters. The quantitative estimate of drug-likeness (QED) is 0.229. The maximum Gasteiger partial charge on any atom is 0.416 e. The van der Waals surface area contributed by atoms with Gasteiger partial charge in [0.15, 0.2) is 5.96 Å². The second-order valence-corrected chi connectivity index (χ2v) is 7.11. The van der Waals surface area contributed by atoms with E-state index in [-0.39, 0.29) is 5.69 Å². The molecule has 0 bridgehead atoms. The Bertz CT molecular complexity index is 1070. The van der Waals surface area contributed by atoms with E-state index in [0.717, 1.165) is 6.07 Å². The number of aliphatic carboxylic acids is 1. The number of guanidine groups is 1. The minimum Gasteiger partial charge on any atom is -0.481 e. The fourth-order valence-electron chi connectivity index (χ4n) is 2.95. The first-order valence-electron chi connectivity index (χ1n) is 9.71. The third-order valence-corrected chi connectivity index (χ3v) is 4.44. The summed E-state index contributed by atoms with van der Waals surface area (Å²) in [7, 11) is 0. The van der Waals surface area contributed by atoms with E-state index in [4.69, 9.17) is 16.6 Å². The lowest BCUT2D eigenvalue weighted by Crippen LogP contribution is -2.45. The number of aliphatic hydroxyl groups is 1. The molecule has 2 aromatic rings. The molecule has 2 aromatic carbocycles. The van der Waals surface area contributed by atoms with E-state index in [9.17, 15) is 32.7 Å². The van der Waals surface area contributed by atoms with Gasteiger partial charge in [0.1, 0.15) is 0 Å². The summed E-state index contributed by atoms with van der Waals surface area (Å²) in [6, 6.07) is 8.96. The monoisotopic (exact) mass is 481 g/mol. The Balaban J connectivity index is 2.13. The van der Waals surface area contributed by atoms with Crippen LogP contribution in [0.25, 0.3) is 0 Å². The van der Waals surface area contributed by atoms with Crippen molar-refractivity contribution in [3.63, 3.8) is 0 Å². The first-order valence-corrected chi connectivity index (χ1v) is 9.71. The average molecular weight is 481 g/mol. The molecule has 2 atom stereocenters. The van der Waals surface area contributed by atoms with Gasteiger partial charge in [-0.2, -0.15) is 13.2 Å². The van der Waals surface area contributed by atoms with Crippen LogP contribution in [0.5, 0.6) is 0 Å². The van der Waals surface area contributed by atoms with Crippen LogP contribution in [0.15, 0.2) is 53.5 Å². The standard InChI is InChI=1S/C21H22F3N5O5/c22-21(23,24)13-6-12(7-14(8-13)28-20(25)26)19(34)27-10-16(30)29-15(9-17(31)32)18(33)11-4-2-1-3-5-11/h1-8,15,18,33H,9-10H2,(H,27,34)(H,29,30)(H,31,32)(H4,25,26,28). The van der Waals surface area contributed by atoms with Gasteiger partial charge in [-0.1, -0.05) is 30.3 Å². The molecule has 2 rings (SSSR count). The summed E-state index contributed by atoms with van der Waals surface area (Å²) in [5.74, 6) is -3.72. The number of halogens is 3. The van der Waals surface area contributed by atoms with Crippen LogP contribution in [0, 0.1) is 0 Å². The molecule has 34 heavy (non-hydrogen) atoms. The second kappa shape index (κ2) is 11.1. The molecule has 0 aliphatic carbocycles. The first kappa shape index (κ1) is 26.1. The van der Waals surface area contributed by atoms with Crippen LogP contribution >= 0.6 is 0 Å². The van der Waals surface area contributed by atoms with Crippen LogP contribution in [0.2, 0.25) is 0 Å². The molecule has 0 aliphatic rings. The van der Waals surface area contributed by atoms with Crippen molar-refractivity contribution < 1.29 is 37.8 Å². The molecule has 0 fully saturated rings. The van der Waals surface area contributed by atoms with Crippen LogP contribution in [0.3, 0.4) is 0 Å². The Labute approximate surface area is 191 Å². The number of benzene rings is 2. The summed E-state index contributed by atoms with van der Waals surface area (Å²) < 4.78 is 39.4. The van der Waals surface area contributed by atoms with Gasteiger partial charge in [-0.15, -0.1) is 0 Å². The maximum atomic E-state index is 13.1. The predicted octanol–water partition coefficient (Wildman–Crippen LogP) is 1.03. The van der Waals surface area contributed by atoms with E-state index in [2.05, 4.69) is 15.6 Å². The number of carboxylic acid groups (broad SMARTS) is 1. The number of nitrogens with one attached hydrogen (secondary N) is 2. The minimum absolute atomic E-state index is 0.322. The van der Waals surface area contributed by atoms with Crippen molar-refractivity contribution in [2.75, 3.05) is 6.54 Å². The molecule has 0 saturated carbocycles. The van der Waals surface area contributed by atoms with E-state index in [1.54, 1.807) is 18.2 Å². The summed E-state index contributed by atoms with van der Waals surface area (Å²) in [5, 5.41) is 24.0.